The Morgan fingerprint density at radius 1 is 1.00 bits per heavy atom. The molecule has 0 radical (unpaired) electrons. The van der Waals surface area contributed by atoms with Gasteiger partial charge in [-0.2, -0.15) is 0 Å². The molecule has 2 aromatic carbocycles. The predicted molar refractivity (Wildman–Crippen MR) is 71.2 cm³/mol. The smallest absolute Gasteiger partial charge is 0.124 e. The van der Waals surface area contributed by atoms with Crippen LogP contribution in [0.25, 0.3) is 0 Å². The lowest BCUT2D eigenvalue weighted by molar-refractivity contribution is 0.474. The van der Waals surface area contributed by atoms with Gasteiger partial charge in [-0.3, -0.25) is 4.99 Å². The van der Waals surface area contributed by atoms with E-state index in [1.54, 1.807) is 48.7 Å². The molecule has 2 aromatic rings. The van der Waals surface area contributed by atoms with Gasteiger partial charge in [0.05, 0.1) is 5.69 Å². The lowest BCUT2D eigenvalue weighted by Gasteiger charge is -1.99. The molecule has 0 saturated carbocycles. The molecule has 2 rings (SSSR count). The minimum absolute atomic E-state index is 0.177. The third-order valence-corrected chi connectivity index (χ3v) is 2.69. The molecule has 0 bridgehead atoms. The fourth-order valence-corrected chi connectivity index (χ4v) is 1.69. The largest absolute Gasteiger partial charge is 0.508 e. The second kappa shape index (κ2) is 5.01. The molecule has 0 unspecified atom stereocenters. The van der Waals surface area contributed by atoms with E-state index < -0.39 is 0 Å². The van der Waals surface area contributed by atoms with E-state index in [0.717, 1.165) is 4.47 Å². The molecule has 0 aliphatic rings. The van der Waals surface area contributed by atoms with Gasteiger partial charge in [0, 0.05) is 16.3 Å². The lowest BCUT2D eigenvalue weighted by Crippen LogP contribution is -1.82. The van der Waals surface area contributed by atoms with Crippen LogP contribution in [0.15, 0.2) is 51.9 Å². The van der Waals surface area contributed by atoms with E-state index in [2.05, 4.69) is 20.9 Å². The van der Waals surface area contributed by atoms with Crippen molar-refractivity contribution < 1.29 is 10.2 Å². The number of phenolic OH excluding ortho intramolecular Hbond substituents is 2. The maximum Gasteiger partial charge on any atom is 0.124 e. The summed E-state index contributed by atoms with van der Waals surface area (Å²) in [6.07, 6.45) is 1.58. The van der Waals surface area contributed by atoms with E-state index in [0.29, 0.717) is 11.3 Å². The second-order valence-corrected chi connectivity index (χ2v) is 4.39. The summed E-state index contributed by atoms with van der Waals surface area (Å²) >= 11 is 3.33. The molecule has 0 heterocycles. The number of aliphatic imine (C=N–C) groups is 1. The summed E-state index contributed by atoms with van der Waals surface area (Å²) in [5.74, 6) is 0.380. The summed E-state index contributed by atoms with van der Waals surface area (Å²) in [6, 6.07) is 11.7. The maximum absolute atomic E-state index is 9.61. The van der Waals surface area contributed by atoms with Crippen molar-refractivity contribution in [3.8, 4) is 11.5 Å². The van der Waals surface area contributed by atoms with Crippen LogP contribution in [0, 0.1) is 0 Å². The number of aromatic hydroxyl groups is 2. The van der Waals surface area contributed by atoms with Crippen molar-refractivity contribution in [2.75, 3.05) is 0 Å². The van der Waals surface area contributed by atoms with Gasteiger partial charge in [0.2, 0.25) is 0 Å². The summed E-state index contributed by atoms with van der Waals surface area (Å²) in [5.41, 5.74) is 1.34. The lowest BCUT2D eigenvalue weighted by atomic mass is 10.2. The molecule has 4 heteroatoms. The average molecular weight is 292 g/mol. The van der Waals surface area contributed by atoms with Crippen molar-refractivity contribution >= 4 is 27.8 Å². The Bertz CT molecular complexity index is 550. The minimum Gasteiger partial charge on any atom is -0.508 e. The molecule has 0 atom stereocenters. The van der Waals surface area contributed by atoms with Crippen molar-refractivity contribution in [1.82, 2.24) is 0 Å². The number of hydrogen-bond donors (Lipinski definition) is 2. The molecular formula is C13H10BrNO2. The van der Waals surface area contributed by atoms with Gasteiger partial charge in [0.25, 0.3) is 0 Å². The van der Waals surface area contributed by atoms with Crippen LogP contribution in [0.2, 0.25) is 0 Å². The topological polar surface area (TPSA) is 52.8 Å². The van der Waals surface area contributed by atoms with Crippen LogP contribution >= 0.6 is 15.9 Å². The molecular weight excluding hydrogens is 282 g/mol. The minimum atomic E-state index is 0.177. The van der Waals surface area contributed by atoms with Crippen LogP contribution in [-0.4, -0.2) is 16.4 Å². The van der Waals surface area contributed by atoms with Crippen molar-refractivity contribution in [1.29, 1.82) is 0 Å². The molecule has 0 fully saturated rings. The second-order valence-electron chi connectivity index (χ2n) is 3.48. The Hall–Kier alpha value is -1.81. The number of rotatable bonds is 2. The van der Waals surface area contributed by atoms with Crippen molar-refractivity contribution in [2.45, 2.75) is 0 Å². The highest BCUT2D eigenvalue weighted by molar-refractivity contribution is 9.10. The standard InChI is InChI=1S/C13H10BrNO2/c14-10-1-6-13(17)9(7-10)8-15-11-2-4-12(16)5-3-11/h1-8,16-17H. The van der Waals surface area contributed by atoms with Crippen LogP contribution < -0.4 is 0 Å². The highest BCUT2D eigenvalue weighted by atomic mass is 79.9. The van der Waals surface area contributed by atoms with Crippen LogP contribution in [0.1, 0.15) is 5.56 Å². The monoisotopic (exact) mass is 291 g/mol. The highest BCUT2D eigenvalue weighted by Crippen LogP contribution is 2.22. The summed E-state index contributed by atoms with van der Waals surface area (Å²) in [4.78, 5) is 4.20. The van der Waals surface area contributed by atoms with E-state index >= 15 is 0 Å². The molecule has 0 saturated heterocycles. The summed E-state index contributed by atoms with van der Waals surface area (Å²) in [7, 11) is 0. The molecule has 86 valence electrons. The van der Waals surface area contributed by atoms with Gasteiger partial charge in [-0.05, 0) is 42.5 Å². The summed E-state index contributed by atoms with van der Waals surface area (Å²) in [6.45, 7) is 0. The fourth-order valence-electron chi connectivity index (χ4n) is 1.31. The molecule has 3 nitrogen and oxygen atoms in total. The molecule has 0 aliphatic carbocycles. The fraction of sp³-hybridized carbons (Fsp3) is 0. The first-order chi connectivity index (χ1) is 8.15. The number of benzene rings is 2. The van der Waals surface area contributed by atoms with E-state index in [9.17, 15) is 5.11 Å². The zero-order chi connectivity index (χ0) is 12.3. The van der Waals surface area contributed by atoms with Crippen molar-refractivity contribution in [3.63, 3.8) is 0 Å². The first-order valence-electron chi connectivity index (χ1n) is 4.97. The quantitative estimate of drug-likeness (QED) is 0.831. The van der Waals surface area contributed by atoms with Gasteiger partial charge in [-0.1, -0.05) is 15.9 Å². The maximum atomic E-state index is 9.61. The van der Waals surface area contributed by atoms with Crippen LogP contribution in [-0.2, 0) is 0 Å². The zero-order valence-corrected chi connectivity index (χ0v) is 10.4. The highest BCUT2D eigenvalue weighted by Gasteiger charge is 1.98. The van der Waals surface area contributed by atoms with Gasteiger partial charge in [0.15, 0.2) is 0 Å². The van der Waals surface area contributed by atoms with E-state index in [-0.39, 0.29) is 11.5 Å². The Labute approximate surface area is 107 Å². The number of hydrogen-bond acceptors (Lipinski definition) is 3. The van der Waals surface area contributed by atoms with Gasteiger partial charge in [0.1, 0.15) is 11.5 Å². The van der Waals surface area contributed by atoms with Gasteiger partial charge < -0.3 is 10.2 Å². The summed E-state index contributed by atoms with van der Waals surface area (Å²) in [5, 5.41) is 18.7. The van der Waals surface area contributed by atoms with Crippen molar-refractivity contribution in [2.24, 2.45) is 4.99 Å². The first kappa shape index (κ1) is 11.7. The van der Waals surface area contributed by atoms with Crippen LogP contribution in [0.5, 0.6) is 11.5 Å². The van der Waals surface area contributed by atoms with Crippen LogP contribution in [0.3, 0.4) is 0 Å². The molecule has 0 spiro atoms. The Kier molecular flexibility index (Phi) is 3.44. The Balaban J connectivity index is 2.25. The number of halogens is 1. The number of phenols is 2. The third kappa shape index (κ3) is 3.07. The predicted octanol–water partition coefficient (Wildman–Crippen LogP) is 3.61. The normalized spacial score (nSPS) is 10.9. The van der Waals surface area contributed by atoms with Gasteiger partial charge in [-0.25, -0.2) is 0 Å². The van der Waals surface area contributed by atoms with E-state index in [1.165, 1.54) is 0 Å². The molecule has 17 heavy (non-hydrogen) atoms. The van der Waals surface area contributed by atoms with Gasteiger partial charge >= 0.3 is 0 Å². The average Bonchev–Trinajstić information content (AvgIpc) is 2.32. The Morgan fingerprint density at radius 3 is 2.41 bits per heavy atom. The van der Waals surface area contributed by atoms with Crippen molar-refractivity contribution in [3.05, 3.63) is 52.5 Å². The first-order valence-corrected chi connectivity index (χ1v) is 5.76. The molecule has 2 N–H and O–H groups in total. The SMILES string of the molecule is Oc1ccc(N=Cc2cc(Br)ccc2O)cc1. The van der Waals surface area contributed by atoms with E-state index in [1.807, 2.05) is 0 Å². The third-order valence-electron chi connectivity index (χ3n) is 2.19. The molecule has 0 aromatic heterocycles. The molecule has 0 amide bonds. The zero-order valence-electron chi connectivity index (χ0n) is 8.84. The Morgan fingerprint density at radius 2 is 1.71 bits per heavy atom. The summed E-state index contributed by atoms with van der Waals surface area (Å²) < 4.78 is 0.877. The van der Waals surface area contributed by atoms with Crippen LogP contribution in [0.4, 0.5) is 5.69 Å². The van der Waals surface area contributed by atoms with Gasteiger partial charge in [-0.15, -0.1) is 0 Å². The number of nitrogens with zero attached hydrogens (tertiary/aromatic N) is 1. The van der Waals surface area contributed by atoms with E-state index in [4.69, 9.17) is 5.11 Å². The molecule has 0 aliphatic heterocycles.